The first kappa shape index (κ1) is 13.2. The summed E-state index contributed by atoms with van der Waals surface area (Å²) in [5, 5.41) is 8.70. The van der Waals surface area contributed by atoms with Gasteiger partial charge in [-0.25, -0.2) is 0 Å². The molecule has 1 N–H and O–H groups in total. The van der Waals surface area contributed by atoms with Crippen LogP contribution in [-0.2, 0) is 16.0 Å². The highest BCUT2D eigenvalue weighted by molar-refractivity contribution is 6.01. The van der Waals surface area contributed by atoms with Gasteiger partial charge in [0.2, 0.25) is 0 Å². The Bertz CT molecular complexity index is 441. The van der Waals surface area contributed by atoms with E-state index in [9.17, 15) is 9.59 Å². The molecule has 0 unspecified atom stereocenters. The Labute approximate surface area is 101 Å². The Balaban J connectivity index is 2.95. The van der Waals surface area contributed by atoms with E-state index in [0.717, 1.165) is 12.0 Å². The lowest BCUT2D eigenvalue weighted by molar-refractivity contribution is -0.136. The van der Waals surface area contributed by atoms with Crippen LogP contribution in [0.15, 0.2) is 29.8 Å². The van der Waals surface area contributed by atoms with E-state index in [1.54, 1.807) is 6.08 Å². The summed E-state index contributed by atoms with van der Waals surface area (Å²) in [6, 6.07) is 7.74. The number of carbonyl (C=O) groups is 2. The Morgan fingerprint density at radius 2 is 1.82 bits per heavy atom. The molecule has 0 atom stereocenters. The number of ketones is 1. The second-order valence-electron chi connectivity index (χ2n) is 3.89. The third-order valence-corrected chi connectivity index (χ3v) is 2.52. The van der Waals surface area contributed by atoms with Crippen molar-refractivity contribution in [2.45, 2.75) is 26.7 Å². The van der Waals surface area contributed by atoms with E-state index in [2.05, 4.69) is 6.92 Å². The molecule has 0 aliphatic heterocycles. The maximum atomic E-state index is 11.3. The van der Waals surface area contributed by atoms with Crippen molar-refractivity contribution in [2.75, 3.05) is 0 Å². The van der Waals surface area contributed by atoms with Gasteiger partial charge in [-0.1, -0.05) is 31.2 Å². The number of carbonyl (C=O) groups excluding carboxylic acids is 1. The Morgan fingerprint density at radius 1 is 1.24 bits per heavy atom. The highest BCUT2D eigenvalue weighted by atomic mass is 16.4. The molecular formula is C14H16O3. The van der Waals surface area contributed by atoms with Gasteiger partial charge in [-0.05, 0) is 30.5 Å². The van der Waals surface area contributed by atoms with Gasteiger partial charge in [-0.3, -0.25) is 9.59 Å². The highest BCUT2D eigenvalue weighted by Gasteiger charge is 2.08. The normalized spacial score (nSPS) is 11.3. The zero-order valence-electron chi connectivity index (χ0n) is 10.1. The van der Waals surface area contributed by atoms with Crippen LogP contribution in [0.2, 0.25) is 0 Å². The number of rotatable bonds is 5. The molecule has 0 saturated heterocycles. The van der Waals surface area contributed by atoms with Crippen LogP contribution in [0.1, 0.15) is 31.4 Å². The van der Waals surface area contributed by atoms with Crippen LogP contribution in [0.25, 0.3) is 6.08 Å². The first-order valence-corrected chi connectivity index (χ1v) is 5.55. The number of aryl methyl sites for hydroxylation is 1. The molecule has 0 spiro atoms. The van der Waals surface area contributed by atoms with Crippen LogP contribution >= 0.6 is 0 Å². The summed E-state index contributed by atoms with van der Waals surface area (Å²) in [6.07, 6.45) is 2.36. The minimum atomic E-state index is -0.989. The zero-order chi connectivity index (χ0) is 12.8. The number of aliphatic carboxylic acids is 1. The van der Waals surface area contributed by atoms with Crippen molar-refractivity contribution in [1.82, 2.24) is 0 Å². The monoisotopic (exact) mass is 232 g/mol. The number of hydrogen-bond donors (Lipinski definition) is 1. The minimum absolute atomic E-state index is 0.202. The summed E-state index contributed by atoms with van der Waals surface area (Å²) in [5.41, 5.74) is 2.39. The van der Waals surface area contributed by atoms with Crippen LogP contribution in [0, 0.1) is 0 Å². The molecule has 1 rings (SSSR count). The van der Waals surface area contributed by atoms with E-state index in [4.69, 9.17) is 5.11 Å². The van der Waals surface area contributed by atoms with Crippen molar-refractivity contribution in [3.05, 3.63) is 41.0 Å². The van der Waals surface area contributed by atoms with Gasteiger partial charge in [0, 0.05) is 5.57 Å². The molecular weight excluding hydrogens is 216 g/mol. The first-order chi connectivity index (χ1) is 8.02. The van der Waals surface area contributed by atoms with Crippen molar-refractivity contribution in [3.8, 4) is 0 Å². The van der Waals surface area contributed by atoms with Crippen LogP contribution in [0.5, 0.6) is 0 Å². The lowest BCUT2D eigenvalue weighted by Crippen LogP contribution is -2.04. The lowest BCUT2D eigenvalue weighted by atomic mass is 10.0. The molecule has 1 aromatic carbocycles. The van der Waals surface area contributed by atoms with Crippen LogP contribution < -0.4 is 0 Å². The standard InChI is InChI=1S/C14H16O3/c1-3-11-4-6-12(7-5-11)8-13(10(2)15)9-14(16)17/h4-8H,3,9H2,1-2H3,(H,16,17)/b13-8+. The molecule has 0 fully saturated rings. The van der Waals surface area contributed by atoms with Gasteiger partial charge in [0.25, 0.3) is 0 Å². The maximum absolute atomic E-state index is 11.3. The van der Waals surface area contributed by atoms with Gasteiger partial charge in [-0.15, -0.1) is 0 Å². The van der Waals surface area contributed by atoms with E-state index in [1.165, 1.54) is 12.5 Å². The molecule has 0 amide bonds. The molecule has 17 heavy (non-hydrogen) atoms. The Morgan fingerprint density at radius 3 is 2.24 bits per heavy atom. The fourth-order valence-electron chi connectivity index (χ4n) is 1.49. The Kier molecular flexibility index (Phi) is 4.64. The third-order valence-electron chi connectivity index (χ3n) is 2.52. The number of benzene rings is 1. The van der Waals surface area contributed by atoms with E-state index < -0.39 is 5.97 Å². The predicted molar refractivity (Wildman–Crippen MR) is 66.7 cm³/mol. The summed E-state index contributed by atoms with van der Waals surface area (Å²) >= 11 is 0. The summed E-state index contributed by atoms with van der Waals surface area (Å²) < 4.78 is 0. The van der Waals surface area contributed by atoms with Crippen molar-refractivity contribution in [1.29, 1.82) is 0 Å². The van der Waals surface area contributed by atoms with Crippen LogP contribution in [0.3, 0.4) is 0 Å². The largest absolute Gasteiger partial charge is 0.481 e. The molecule has 90 valence electrons. The molecule has 0 bridgehead atoms. The van der Waals surface area contributed by atoms with Gasteiger partial charge in [0.05, 0.1) is 6.42 Å². The van der Waals surface area contributed by atoms with Crippen molar-refractivity contribution in [3.63, 3.8) is 0 Å². The summed E-state index contributed by atoms with van der Waals surface area (Å²) in [7, 11) is 0. The molecule has 0 aromatic heterocycles. The van der Waals surface area contributed by atoms with Crippen molar-refractivity contribution < 1.29 is 14.7 Å². The number of hydrogen-bond acceptors (Lipinski definition) is 2. The fraction of sp³-hybridized carbons (Fsp3) is 0.286. The van der Waals surface area contributed by atoms with Gasteiger partial charge in [0.15, 0.2) is 5.78 Å². The molecule has 3 heteroatoms. The minimum Gasteiger partial charge on any atom is -0.481 e. The maximum Gasteiger partial charge on any atom is 0.307 e. The Hall–Kier alpha value is -1.90. The summed E-state index contributed by atoms with van der Waals surface area (Å²) in [4.78, 5) is 21.9. The molecule has 0 saturated carbocycles. The average Bonchev–Trinajstić information content (AvgIpc) is 2.28. The van der Waals surface area contributed by atoms with Crippen molar-refractivity contribution >= 4 is 17.8 Å². The van der Waals surface area contributed by atoms with Gasteiger partial charge in [0.1, 0.15) is 0 Å². The zero-order valence-corrected chi connectivity index (χ0v) is 10.1. The van der Waals surface area contributed by atoms with E-state index in [-0.39, 0.29) is 12.2 Å². The fourth-order valence-corrected chi connectivity index (χ4v) is 1.49. The molecule has 0 aliphatic carbocycles. The molecule has 0 radical (unpaired) electrons. The first-order valence-electron chi connectivity index (χ1n) is 5.55. The third kappa shape index (κ3) is 4.23. The van der Waals surface area contributed by atoms with E-state index >= 15 is 0 Å². The lowest BCUT2D eigenvalue weighted by Gasteiger charge is -2.01. The smallest absolute Gasteiger partial charge is 0.307 e. The summed E-state index contributed by atoms with van der Waals surface area (Å²) in [6.45, 7) is 3.45. The SMILES string of the molecule is CCc1ccc(/C=C(\CC(=O)O)C(C)=O)cc1. The quantitative estimate of drug-likeness (QED) is 0.794. The van der Waals surface area contributed by atoms with Gasteiger partial charge in [-0.2, -0.15) is 0 Å². The summed E-state index contributed by atoms with van der Waals surface area (Å²) in [5.74, 6) is -1.19. The van der Waals surface area contributed by atoms with Crippen LogP contribution in [-0.4, -0.2) is 16.9 Å². The highest BCUT2D eigenvalue weighted by Crippen LogP contribution is 2.12. The number of Topliss-reactive ketones (excluding diaryl/α,β-unsaturated/α-hetero) is 1. The molecule has 3 nitrogen and oxygen atoms in total. The van der Waals surface area contributed by atoms with E-state index in [0.29, 0.717) is 5.57 Å². The second kappa shape index (κ2) is 5.99. The van der Waals surface area contributed by atoms with Gasteiger partial charge >= 0.3 is 5.97 Å². The van der Waals surface area contributed by atoms with Crippen LogP contribution in [0.4, 0.5) is 0 Å². The molecule has 1 aromatic rings. The predicted octanol–water partition coefficient (Wildman–Crippen LogP) is 2.70. The number of carboxylic acids is 1. The van der Waals surface area contributed by atoms with E-state index in [1.807, 2.05) is 24.3 Å². The second-order valence-corrected chi connectivity index (χ2v) is 3.89. The van der Waals surface area contributed by atoms with Crippen molar-refractivity contribution in [2.24, 2.45) is 0 Å². The average molecular weight is 232 g/mol. The topological polar surface area (TPSA) is 54.4 Å². The molecule has 0 aliphatic rings. The number of carboxylic acid groups (broad SMARTS) is 1. The van der Waals surface area contributed by atoms with Gasteiger partial charge < -0.3 is 5.11 Å². The molecule has 0 heterocycles.